The van der Waals surface area contributed by atoms with Crippen molar-refractivity contribution in [3.05, 3.63) is 6.92 Å². The van der Waals surface area contributed by atoms with Gasteiger partial charge in [0.25, 0.3) is 0 Å². The molecule has 0 N–H and O–H groups in total. The Kier molecular flexibility index (Phi) is 5.62. The maximum atomic E-state index is 4.05. The van der Waals surface area contributed by atoms with Crippen LogP contribution in [0.3, 0.4) is 0 Å². The first-order chi connectivity index (χ1) is 5.07. The van der Waals surface area contributed by atoms with Gasteiger partial charge in [0.15, 0.2) is 0 Å². The largest absolute Gasteiger partial charge is 0.0654 e. The Morgan fingerprint density at radius 2 is 1.73 bits per heavy atom. The van der Waals surface area contributed by atoms with Crippen LogP contribution < -0.4 is 0 Å². The van der Waals surface area contributed by atoms with Crippen LogP contribution in [0.4, 0.5) is 0 Å². The van der Waals surface area contributed by atoms with E-state index in [1.54, 1.807) is 0 Å². The van der Waals surface area contributed by atoms with E-state index in [-0.39, 0.29) is 0 Å². The maximum Gasteiger partial charge on any atom is -0.0414 e. The minimum atomic E-state index is 0.606. The molecule has 0 bridgehead atoms. The van der Waals surface area contributed by atoms with Gasteiger partial charge in [0, 0.05) is 0 Å². The lowest BCUT2D eigenvalue weighted by atomic mass is 9.87. The van der Waals surface area contributed by atoms with E-state index in [1.165, 1.54) is 19.3 Å². The Morgan fingerprint density at radius 1 is 1.18 bits per heavy atom. The van der Waals surface area contributed by atoms with Crippen LogP contribution in [0.25, 0.3) is 0 Å². The van der Waals surface area contributed by atoms with E-state index in [9.17, 15) is 0 Å². The zero-order chi connectivity index (χ0) is 8.85. The molecule has 0 heteroatoms. The van der Waals surface area contributed by atoms with E-state index in [4.69, 9.17) is 0 Å². The van der Waals surface area contributed by atoms with E-state index < -0.39 is 0 Å². The summed E-state index contributed by atoms with van der Waals surface area (Å²) in [5.41, 5.74) is 0. The van der Waals surface area contributed by atoms with Gasteiger partial charge in [-0.3, -0.25) is 0 Å². The molecule has 0 fully saturated rings. The molecule has 0 aromatic rings. The molecule has 0 nitrogen and oxygen atoms in total. The summed E-state index contributed by atoms with van der Waals surface area (Å²) < 4.78 is 0. The van der Waals surface area contributed by atoms with Crippen molar-refractivity contribution in [2.24, 2.45) is 17.8 Å². The molecule has 3 atom stereocenters. The molecule has 0 spiro atoms. The number of hydrogen-bond donors (Lipinski definition) is 0. The van der Waals surface area contributed by atoms with Crippen molar-refractivity contribution >= 4 is 0 Å². The van der Waals surface area contributed by atoms with Gasteiger partial charge in [-0.05, 0) is 24.2 Å². The summed E-state index contributed by atoms with van der Waals surface area (Å²) in [5, 5.41) is 0. The summed E-state index contributed by atoms with van der Waals surface area (Å²) in [5.74, 6) is 2.28. The van der Waals surface area contributed by atoms with Gasteiger partial charge in [-0.15, -0.1) is 0 Å². The standard InChI is InChI=1S/C11H23/c1-6-7-10(4)8-11(5)9(2)3/h9-11H,2,6-8H2,1,3-5H3. The summed E-state index contributed by atoms with van der Waals surface area (Å²) in [4.78, 5) is 0. The van der Waals surface area contributed by atoms with E-state index in [0.717, 1.165) is 11.8 Å². The zero-order valence-corrected chi connectivity index (χ0v) is 8.56. The molecule has 0 amide bonds. The van der Waals surface area contributed by atoms with Gasteiger partial charge in [0.1, 0.15) is 0 Å². The third-order valence-electron chi connectivity index (χ3n) is 2.53. The molecule has 0 aliphatic rings. The number of hydrogen-bond acceptors (Lipinski definition) is 0. The second-order valence-corrected chi connectivity index (χ2v) is 4.08. The summed E-state index contributed by atoms with van der Waals surface area (Å²) in [6.45, 7) is 13.2. The predicted octanol–water partition coefficient (Wildman–Crippen LogP) is 3.92. The van der Waals surface area contributed by atoms with E-state index >= 15 is 0 Å². The lowest BCUT2D eigenvalue weighted by Crippen LogP contribution is -2.09. The predicted molar refractivity (Wildman–Crippen MR) is 52.4 cm³/mol. The summed E-state index contributed by atoms with van der Waals surface area (Å²) in [6, 6.07) is 0. The van der Waals surface area contributed by atoms with Crippen LogP contribution in [-0.4, -0.2) is 0 Å². The van der Waals surface area contributed by atoms with Gasteiger partial charge in [-0.25, -0.2) is 0 Å². The van der Waals surface area contributed by atoms with Gasteiger partial charge in [0.05, 0.1) is 0 Å². The highest BCUT2D eigenvalue weighted by atomic mass is 14.2. The van der Waals surface area contributed by atoms with Gasteiger partial charge >= 0.3 is 0 Å². The van der Waals surface area contributed by atoms with Crippen molar-refractivity contribution in [2.45, 2.75) is 47.0 Å². The van der Waals surface area contributed by atoms with Crippen molar-refractivity contribution in [1.82, 2.24) is 0 Å². The second kappa shape index (κ2) is 5.62. The average Bonchev–Trinajstić information content (AvgIpc) is 1.87. The van der Waals surface area contributed by atoms with Crippen LogP contribution in [-0.2, 0) is 0 Å². The smallest absolute Gasteiger partial charge is 0.0414 e. The zero-order valence-electron chi connectivity index (χ0n) is 8.56. The van der Waals surface area contributed by atoms with Crippen LogP contribution in [0.2, 0.25) is 0 Å². The van der Waals surface area contributed by atoms with Gasteiger partial charge in [-0.2, -0.15) is 0 Å². The van der Waals surface area contributed by atoms with E-state index in [1.807, 2.05) is 0 Å². The molecule has 0 heterocycles. The summed E-state index contributed by atoms with van der Waals surface area (Å²) in [6.07, 6.45) is 4.04. The first kappa shape index (κ1) is 11.0. The van der Waals surface area contributed by atoms with E-state index in [0.29, 0.717) is 5.92 Å². The third kappa shape index (κ3) is 5.29. The molecular formula is C11H23. The Balaban J connectivity index is 3.48. The lowest BCUT2D eigenvalue weighted by molar-refractivity contribution is 0.339. The Labute approximate surface area is 72.4 Å². The average molecular weight is 155 g/mol. The molecule has 0 saturated heterocycles. The summed E-state index contributed by atoms with van der Waals surface area (Å²) >= 11 is 0. The Bertz CT molecular complexity index is 84.0. The molecule has 0 aliphatic carbocycles. The molecule has 0 aromatic heterocycles. The second-order valence-electron chi connectivity index (χ2n) is 4.08. The van der Waals surface area contributed by atoms with Crippen LogP contribution in [0.5, 0.6) is 0 Å². The van der Waals surface area contributed by atoms with Gasteiger partial charge < -0.3 is 0 Å². The minimum Gasteiger partial charge on any atom is -0.0654 e. The highest BCUT2D eigenvalue weighted by molar-refractivity contribution is 4.66. The molecule has 3 unspecified atom stereocenters. The molecule has 67 valence electrons. The van der Waals surface area contributed by atoms with Crippen molar-refractivity contribution < 1.29 is 0 Å². The Morgan fingerprint density at radius 3 is 2.09 bits per heavy atom. The SMILES string of the molecule is [CH2]C(C)C(C)CC(C)CCC. The highest BCUT2D eigenvalue weighted by Gasteiger charge is 2.10. The van der Waals surface area contributed by atoms with Gasteiger partial charge in [0.2, 0.25) is 0 Å². The third-order valence-corrected chi connectivity index (χ3v) is 2.53. The minimum absolute atomic E-state index is 0.606. The molecule has 0 rings (SSSR count). The Hall–Kier alpha value is 0. The number of rotatable bonds is 5. The quantitative estimate of drug-likeness (QED) is 0.564. The molecule has 0 aromatic carbocycles. The van der Waals surface area contributed by atoms with Crippen molar-refractivity contribution in [3.8, 4) is 0 Å². The van der Waals surface area contributed by atoms with Crippen molar-refractivity contribution in [1.29, 1.82) is 0 Å². The first-order valence-corrected chi connectivity index (χ1v) is 4.91. The van der Waals surface area contributed by atoms with Crippen molar-refractivity contribution in [2.75, 3.05) is 0 Å². The maximum absolute atomic E-state index is 4.05. The fraction of sp³-hybridized carbons (Fsp3) is 0.909. The molecule has 0 aliphatic heterocycles. The molecule has 11 heavy (non-hydrogen) atoms. The van der Waals surface area contributed by atoms with Crippen molar-refractivity contribution in [3.63, 3.8) is 0 Å². The fourth-order valence-electron chi connectivity index (χ4n) is 1.48. The summed E-state index contributed by atoms with van der Waals surface area (Å²) in [7, 11) is 0. The fourth-order valence-corrected chi connectivity index (χ4v) is 1.48. The van der Waals surface area contributed by atoms with Crippen LogP contribution >= 0.6 is 0 Å². The van der Waals surface area contributed by atoms with Crippen LogP contribution in [0, 0.1) is 24.7 Å². The topological polar surface area (TPSA) is 0 Å². The monoisotopic (exact) mass is 155 g/mol. The molecule has 1 radical (unpaired) electrons. The molecular weight excluding hydrogens is 132 g/mol. The highest BCUT2D eigenvalue weighted by Crippen LogP contribution is 2.21. The van der Waals surface area contributed by atoms with Crippen LogP contribution in [0.1, 0.15) is 47.0 Å². The lowest BCUT2D eigenvalue weighted by Gasteiger charge is -2.19. The first-order valence-electron chi connectivity index (χ1n) is 4.91. The normalized spacial score (nSPS) is 16.9. The van der Waals surface area contributed by atoms with Crippen LogP contribution in [0.15, 0.2) is 0 Å². The molecule has 0 saturated carbocycles. The van der Waals surface area contributed by atoms with Gasteiger partial charge in [-0.1, -0.05) is 47.5 Å². The van der Waals surface area contributed by atoms with E-state index in [2.05, 4.69) is 34.6 Å².